The first kappa shape index (κ1) is 15.4. The van der Waals surface area contributed by atoms with Gasteiger partial charge >= 0.3 is 5.97 Å². The van der Waals surface area contributed by atoms with Crippen LogP contribution >= 0.6 is 7.37 Å². The summed E-state index contributed by atoms with van der Waals surface area (Å²) in [6.45, 7) is 5.11. The van der Waals surface area contributed by atoms with E-state index in [-0.39, 0.29) is 12.7 Å². The lowest BCUT2D eigenvalue weighted by molar-refractivity contribution is -0.872. The molecule has 0 saturated heterocycles. The molecule has 0 aromatic rings. The predicted molar refractivity (Wildman–Crippen MR) is 63.3 cm³/mol. The maximum atomic E-state index is 12.2. The Morgan fingerprint density at radius 1 is 1.56 bits per heavy atom. The number of likely N-dealkylation sites (N-methyl/N-ethyl adjacent to an activating group) is 1. The van der Waals surface area contributed by atoms with Crippen LogP contribution in [0.4, 0.5) is 0 Å². The number of rotatable bonds is 6. The van der Waals surface area contributed by atoms with Gasteiger partial charge in [0.15, 0.2) is 5.85 Å². The van der Waals surface area contributed by atoms with Gasteiger partial charge in [0.05, 0.1) is 21.1 Å². The van der Waals surface area contributed by atoms with Gasteiger partial charge in [-0.3, -0.25) is 4.57 Å². The summed E-state index contributed by atoms with van der Waals surface area (Å²) >= 11 is 0. The van der Waals surface area contributed by atoms with Crippen molar-refractivity contribution in [1.82, 2.24) is 0 Å². The summed E-state index contributed by atoms with van der Waals surface area (Å²) in [6, 6.07) is 0. The van der Waals surface area contributed by atoms with E-state index in [0.717, 1.165) is 6.08 Å². The zero-order valence-corrected chi connectivity index (χ0v) is 11.2. The largest absolute Gasteiger partial charge is 0.406 e. The average Bonchev–Trinajstić information content (AvgIpc) is 2.14. The molecule has 0 rings (SSSR count). The fourth-order valence-corrected chi connectivity index (χ4v) is 2.93. The molecule has 0 bridgehead atoms. The number of aliphatic hydroxyl groups is 1. The number of hydrogen-bond acceptors (Lipinski definition) is 4. The number of carbonyl (C=O) groups excluding carboxylic acids is 1. The van der Waals surface area contributed by atoms with Crippen molar-refractivity contribution in [2.24, 2.45) is 0 Å². The Labute approximate surface area is 96.7 Å². The molecule has 2 unspecified atom stereocenters. The number of carbonyl (C=O) groups is 1. The summed E-state index contributed by atoms with van der Waals surface area (Å²) < 4.78 is 17.4. The smallest absolute Gasteiger partial charge is 0.335 e. The van der Waals surface area contributed by atoms with Gasteiger partial charge in [0.25, 0.3) is 7.37 Å². The van der Waals surface area contributed by atoms with Gasteiger partial charge in [0.1, 0.15) is 6.54 Å². The summed E-state index contributed by atoms with van der Waals surface area (Å²) in [4.78, 5) is 11.0. The molecule has 2 atom stereocenters. The molecule has 94 valence electrons. The molecule has 0 amide bonds. The second-order valence-electron chi connectivity index (χ2n) is 4.61. The molecular formula is C10H21NO4P+. The van der Waals surface area contributed by atoms with E-state index in [0.29, 0.717) is 4.48 Å². The zero-order valence-electron chi connectivity index (χ0n) is 10.3. The van der Waals surface area contributed by atoms with Crippen LogP contribution in [0.25, 0.3) is 0 Å². The van der Waals surface area contributed by atoms with E-state index < -0.39 is 19.2 Å². The third-order valence-electron chi connectivity index (χ3n) is 2.02. The first-order chi connectivity index (χ1) is 7.14. The molecule has 0 aromatic heterocycles. The molecule has 6 heteroatoms. The highest BCUT2D eigenvalue weighted by atomic mass is 31.2. The van der Waals surface area contributed by atoms with Crippen LogP contribution in [0.3, 0.4) is 0 Å². The van der Waals surface area contributed by atoms with E-state index in [2.05, 4.69) is 6.58 Å². The minimum Gasteiger partial charge on any atom is -0.406 e. The Hall–Kier alpha value is -0.640. The molecule has 0 spiro atoms. The van der Waals surface area contributed by atoms with Crippen molar-refractivity contribution in [3.8, 4) is 0 Å². The molecule has 0 saturated carbocycles. The van der Waals surface area contributed by atoms with Crippen LogP contribution in [0.15, 0.2) is 12.7 Å². The first-order valence-corrected chi connectivity index (χ1v) is 6.96. The van der Waals surface area contributed by atoms with Crippen LogP contribution in [0.5, 0.6) is 0 Å². The van der Waals surface area contributed by atoms with E-state index in [1.54, 1.807) is 6.92 Å². The first-order valence-electron chi connectivity index (χ1n) is 5.08. The molecule has 0 radical (unpaired) electrons. The summed E-state index contributed by atoms with van der Waals surface area (Å²) in [5.74, 6) is -1.90. The van der Waals surface area contributed by atoms with Crippen molar-refractivity contribution in [3.05, 3.63) is 12.7 Å². The van der Waals surface area contributed by atoms with Gasteiger partial charge in [-0.2, -0.15) is 0 Å². The van der Waals surface area contributed by atoms with Gasteiger partial charge in [-0.05, 0) is 0 Å². The highest BCUT2D eigenvalue weighted by molar-refractivity contribution is 7.60. The number of nitrogens with zero attached hydrogens (tertiary/aromatic N) is 1. The van der Waals surface area contributed by atoms with E-state index in [1.807, 2.05) is 21.1 Å². The van der Waals surface area contributed by atoms with Crippen LogP contribution in [0.1, 0.15) is 6.92 Å². The monoisotopic (exact) mass is 250 g/mol. The number of aliphatic hydroxyl groups excluding tert-OH is 1. The molecule has 5 nitrogen and oxygen atoms in total. The third kappa shape index (κ3) is 4.92. The minimum atomic E-state index is -3.34. The normalized spacial score (nSPS) is 17.3. The molecule has 0 aliphatic heterocycles. The highest BCUT2D eigenvalue weighted by Crippen LogP contribution is 2.51. The molecule has 1 N–H and O–H groups in total. The Morgan fingerprint density at radius 2 is 2.06 bits per heavy atom. The van der Waals surface area contributed by atoms with Crippen molar-refractivity contribution in [3.63, 3.8) is 0 Å². The van der Waals surface area contributed by atoms with Crippen LogP contribution in [-0.4, -0.2) is 55.3 Å². The van der Waals surface area contributed by atoms with E-state index >= 15 is 0 Å². The Bertz CT molecular complexity index is 308. The van der Waals surface area contributed by atoms with Crippen LogP contribution in [-0.2, 0) is 13.9 Å². The third-order valence-corrected chi connectivity index (χ3v) is 4.46. The Kier molecular flexibility index (Phi) is 5.39. The van der Waals surface area contributed by atoms with Crippen LogP contribution in [0, 0.1) is 0 Å². The minimum absolute atomic E-state index is 0.119. The fraction of sp³-hybridized carbons (Fsp3) is 0.700. The Morgan fingerprint density at radius 3 is 2.38 bits per heavy atom. The lowest BCUT2D eigenvalue weighted by Crippen LogP contribution is -2.41. The fourth-order valence-electron chi connectivity index (χ4n) is 1.14. The Balaban J connectivity index is 4.75. The quantitative estimate of drug-likeness (QED) is 0.434. The highest BCUT2D eigenvalue weighted by Gasteiger charge is 2.37. The van der Waals surface area contributed by atoms with E-state index in [4.69, 9.17) is 4.52 Å². The predicted octanol–water partition coefficient (Wildman–Crippen LogP) is 1.04. The zero-order chi connectivity index (χ0) is 13.0. The molecular weight excluding hydrogens is 229 g/mol. The number of hydrogen-bond donors (Lipinski definition) is 1. The lowest BCUT2D eigenvalue weighted by Gasteiger charge is -2.29. The molecule has 0 fully saturated rings. The second-order valence-corrected chi connectivity index (χ2v) is 7.47. The SMILES string of the molecule is C=CC(=O)OP(=O)(CC)C(O)C[N+](C)(C)C. The van der Waals surface area contributed by atoms with Crippen molar-refractivity contribution in [2.45, 2.75) is 12.8 Å². The van der Waals surface area contributed by atoms with Gasteiger partial charge in [-0.15, -0.1) is 0 Å². The molecule has 0 aliphatic rings. The maximum absolute atomic E-state index is 12.2. The van der Waals surface area contributed by atoms with Gasteiger partial charge < -0.3 is 14.1 Å². The van der Waals surface area contributed by atoms with Crippen molar-refractivity contribution >= 4 is 13.3 Å². The summed E-state index contributed by atoms with van der Waals surface area (Å²) in [5.41, 5.74) is 0. The molecule has 0 heterocycles. The number of quaternary nitrogens is 1. The maximum Gasteiger partial charge on any atom is 0.335 e. The summed E-state index contributed by atoms with van der Waals surface area (Å²) in [5, 5.41) is 9.86. The van der Waals surface area contributed by atoms with Crippen LogP contribution < -0.4 is 0 Å². The average molecular weight is 250 g/mol. The topological polar surface area (TPSA) is 63.6 Å². The summed E-state index contributed by atoms with van der Waals surface area (Å²) in [7, 11) is 2.24. The second kappa shape index (κ2) is 5.62. The summed E-state index contributed by atoms with van der Waals surface area (Å²) in [6.07, 6.45) is 1.06. The lowest BCUT2D eigenvalue weighted by atomic mass is 10.5. The van der Waals surface area contributed by atoms with Gasteiger partial charge in [-0.1, -0.05) is 13.5 Å². The standard InChI is InChI=1S/C10H21NO4P/c1-6-9(12)15-16(14,7-2)10(13)8-11(3,4)5/h6,10,13H,1,7-8H2,2-5H3/q+1. The van der Waals surface area contributed by atoms with Crippen molar-refractivity contribution in [2.75, 3.05) is 33.8 Å². The van der Waals surface area contributed by atoms with E-state index in [1.165, 1.54) is 0 Å². The van der Waals surface area contributed by atoms with Crippen LogP contribution in [0.2, 0.25) is 0 Å². The molecule has 0 aromatic carbocycles. The van der Waals surface area contributed by atoms with Gasteiger partial charge in [0.2, 0.25) is 0 Å². The van der Waals surface area contributed by atoms with E-state index in [9.17, 15) is 14.5 Å². The van der Waals surface area contributed by atoms with Gasteiger partial charge in [-0.25, -0.2) is 4.79 Å². The molecule has 16 heavy (non-hydrogen) atoms. The van der Waals surface area contributed by atoms with Gasteiger partial charge in [0, 0.05) is 12.2 Å². The van der Waals surface area contributed by atoms with Crippen molar-refractivity contribution in [1.29, 1.82) is 0 Å². The molecule has 0 aliphatic carbocycles. The van der Waals surface area contributed by atoms with Crippen molar-refractivity contribution < 1.29 is 23.5 Å².